The van der Waals surface area contributed by atoms with E-state index in [0.717, 1.165) is 29.9 Å². The molecule has 0 bridgehead atoms. The van der Waals surface area contributed by atoms with Gasteiger partial charge >= 0.3 is 17.9 Å². The lowest BCUT2D eigenvalue weighted by Gasteiger charge is -2.25. The van der Waals surface area contributed by atoms with Gasteiger partial charge in [0.2, 0.25) is 0 Å². The van der Waals surface area contributed by atoms with Crippen LogP contribution < -0.4 is 11.1 Å². The number of nitrogens with one attached hydrogen (secondary N) is 1. The van der Waals surface area contributed by atoms with Crippen LogP contribution in [0.4, 0.5) is 4.79 Å². The standard InChI is InChI=1S/C24H26N4O7/c1-14-21(35-24(32)34-14)12-33-23(31)26-16-8-9-27(11-16)20(22(29)30)10-17-19-7-6-15-4-2-3-5-18(15)28(19)13-25-17/h2-5,13,16,20H,6-12H2,1H3,(H,26,31)(H,29,30)/t16-,20-/m0/s1. The lowest BCUT2D eigenvalue weighted by molar-refractivity contribution is -0.142. The normalized spacial score (nSPS) is 18.0. The number of aryl methyl sites for hydroxylation is 2. The van der Waals surface area contributed by atoms with E-state index >= 15 is 0 Å². The van der Waals surface area contributed by atoms with E-state index in [2.05, 4.69) is 27.0 Å². The Morgan fingerprint density at radius 1 is 1.29 bits per heavy atom. The topological polar surface area (TPSA) is 140 Å². The van der Waals surface area contributed by atoms with Crippen molar-refractivity contribution in [3.05, 3.63) is 69.7 Å². The maximum Gasteiger partial charge on any atom is 0.519 e. The van der Waals surface area contributed by atoms with E-state index in [4.69, 9.17) is 13.6 Å². The molecule has 2 atom stereocenters. The van der Waals surface area contributed by atoms with Crippen LogP contribution in [0.15, 0.2) is 44.2 Å². The predicted octanol–water partition coefficient (Wildman–Crippen LogP) is 1.82. The smallest absolute Gasteiger partial charge is 0.480 e. The number of aliphatic carboxylic acids is 1. The van der Waals surface area contributed by atoms with Crippen molar-refractivity contribution in [3.8, 4) is 5.69 Å². The maximum atomic E-state index is 12.2. The molecule has 4 heterocycles. The zero-order valence-electron chi connectivity index (χ0n) is 19.2. The van der Waals surface area contributed by atoms with Crippen LogP contribution in [0, 0.1) is 6.92 Å². The highest BCUT2D eigenvalue weighted by atomic mass is 16.6. The molecule has 0 radical (unpaired) electrons. The molecular weight excluding hydrogens is 456 g/mol. The van der Waals surface area contributed by atoms with Crippen molar-refractivity contribution >= 4 is 12.1 Å². The van der Waals surface area contributed by atoms with Gasteiger partial charge in [-0.2, -0.15) is 0 Å². The Balaban J connectivity index is 1.20. The number of carboxylic acids is 1. The van der Waals surface area contributed by atoms with Crippen LogP contribution in [0.1, 0.15) is 34.9 Å². The van der Waals surface area contributed by atoms with E-state index in [9.17, 15) is 19.5 Å². The molecular formula is C24H26N4O7. The molecule has 2 N–H and O–H groups in total. The minimum atomic E-state index is -0.920. The number of imidazole rings is 1. The Hall–Kier alpha value is -3.86. The first-order valence-electron chi connectivity index (χ1n) is 11.5. The summed E-state index contributed by atoms with van der Waals surface area (Å²) in [6, 6.07) is 7.15. The number of nitrogens with zero attached hydrogens (tertiary/aromatic N) is 3. The molecule has 184 valence electrons. The number of ether oxygens (including phenoxy) is 1. The molecule has 2 aliphatic rings. The van der Waals surface area contributed by atoms with E-state index in [0.29, 0.717) is 19.5 Å². The Labute approximate surface area is 200 Å². The number of hydrogen-bond acceptors (Lipinski definition) is 8. The second-order valence-corrected chi connectivity index (χ2v) is 8.83. The third-order valence-electron chi connectivity index (χ3n) is 6.66. The molecule has 5 rings (SSSR count). The average molecular weight is 482 g/mol. The third-order valence-corrected chi connectivity index (χ3v) is 6.66. The van der Waals surface area contributed by atoms with Crippen LogP contribution in [0.2, 0.25) is 0 Å². The lowest BCUT2D eigenvalue weighted by Crippen LogP contribution is -2.44. The average Bonchev–Trinajstić information content (AvgIpc) is 3.54. The molecule has 1 saturated heterocycles. The number of carboxylic acid groups (broad SMARTS) is 1. The summed E-state index contributed by atoms with van der Waals surface area (Å²) in [5, 5.41) is 12.7. The molecule has 1 amide bonds. The number of fused-ring (bicyclic) bond motifs is 3. The van der Waals surface area contributed by atoms with Gasteiger partial charge in [-0.3, -0.25) is 9.69 Å². The number of hydrogen-bond donors (Lipinski definition) is 2. The fourth-order valence-corrected chi connectivity index (χ4v) is 4.85. The zero-order valence-corrected chi connectivity index (χ0v) is 19.2. The molecule has 1 aromatic carbocycles. The summed E-state index contributed by atoms with van der Waals surface area (Å²) in [4.78, 5) is 41.9. The molecule has 11 heteroatoms. The summed E-state index contributed by atoms with van der Waals surface area (Å²) in [6.45, 7) is 2.21. The molecule has 0 unspecified atom stereocenters. The SMILES string of the molecule is Cc1oc(=O)oc1COC(=O)N[C@H]1CCN([C@@H](Cc2ncn3c2CCc2ccccc2-3)C(=O)O)C1. The zero-order chi connectivity index (χ0) is 24.5. The molecule has 2 aromatic heterocycles. The third kappa shape index (κ3) is 4.72. The largest absolute Gasteiger partial charge is 0.519 e. The van der Waals surface area contributed by atoms with Crippen LogP contribution in [0.5, 0.6) is 0 Å². The van der Waals surface area contributed by atoms with Crippen LogP contribution in [0.3, 0.4) is 0 Å². The fraction of sp³-hybridized carbons (Fsp3) is 0.417. The predicted molar refractivity (Wildman–Crippen MR) is 121 cm³/mol. The number of carbonyl (C=O) groups excluding carboxylic acids is 1. The Morgan fingerprint density at radius 2 is 2.11 bits per heavy atom. The van der Waals surface area contributed by atoms with Gasteiger partial charge in [0.1, 0.15) is 6.04 Å². The molecule has 3 aromatic rings. The number of benzene rings is 1. The Morgan fingerprint density at radius 3 is 2.89 bits per heavy atom. The Bertz CT molecular complexity index is 1310. The molecule has 0 spiro atoms. The Kier molecular flexibility index (Phi) is 6.16. The van der Waals surface area contributed by atoms with Crippen molar-refractivity contribution in [1.82, 2.24) is 19.8 Å². The number of alkyl carbamates (subject to hydrolysis) is 1. The van der Waals surface area contributed by atoms with Gasteiger partial charge in [-0.05, 0) is 37.8 Å². The maximum absolute atomic E-state index is 12.2. The van der Waals surface area contributed by atoms with Crippen molar-refractivity contribution in [1.29, 1.82) is 0 Å². The van der Waals surface area contributed by atoms with E-state index in [1.807, 2.05) is 17.0 Å². The van der Waals surface area contributed by atoms with E-state index in [-0.39, 0.29) is 30.6 Å². The lowest BCUT2D eigenvalue weighted by atomic mass is 9.99. The highest BCUT2D eigenvalue weighted by molar-refractivity contribution is 5.74. The van der Waals surface area contributed by atoms with E-state index in [1.54, 1.807) is 13.3 Å². The highest BCUT2D eigenvalue weighted by Crippen LogP contribution is 2.27. The molecule has 0 saturated carbocycles. The van der Waals surface area contributed by atoms with Crippen molar-refractivity contribution in [2.45, 2.75) is 51.3 Å². The fourth-order valence-electron chi connectivity index (χ4n) is 4.85. The molecule has 11 nitrogen and oxygen atoms in total. The second-order valence-electron chi connectivity index (χ2n) is 8.83. The van der Waals surface area contributed by atoms with Gasteiger partial charge in [-0.25, -0.2) is 14.6 Å². The number of likely N-dealkylation sites (tertiary alicyclic amines) is 1. The summed E-state index contributed by atoms with van der Waals surface area (Å²) < 4.78 is 16.7. The first-order chi connectivity index (χ1) is 16.9. The number of rotatable bonds is 7. The number of para-hydroxylation sites is 1. The summed E-state index contributed by atoms with van der Waals surface area (Å²) in [6.07, 6.45) is 3.68. The van der Waals surface area contributed by atoms with Gasteiger partial charge in [0.15, 0.2) is 18.1 Å². The van der Waals surface area contributed by atoms with Crippen molar-refractivity contribution in [3.63, 3.8) is 0 Å². The first kappa shape index (κ1) is 22.9. The molecule has 35 heavy (non-hydrogen) atoms. The van der Waals surface area contributed by atoms with E-state index in [1.165, 1.54) is 5.56 Å². The van der Waals surface area contributed by atoms with Crippen molar-refractivity contribution < 1.29 is 28.3 Å². The van der Waals surface area contributed by atoms with Crippen molar-refractivity contribution in [2.75, 3.05) is 13.1 Å². The van der Waals surface area contributed by atoms with Gasteiger partial charge in [0.25, 0.3) is 0 Å². The van der Waals surface area contributed by atoms with Gasteiger partial charge in [0, 0.05) is 36.9 Å². The molecule has 1 fully saturated rings. The highest BCUT2D eigenvalue weighted by Gasteiger charge is 2.35. The van der Waals surface area contributed by atoms with Crippen LogP contribution in [-0.2, 0) is 35.4 Å². The minimum absolute atomic E-state index is 0.148. The number of aromatic nitrogens is 2. The van der Waals surface area contributed by atoms with E-state index < -0.39 is 23.9 Å². The number of carbonyl (C=O) groups is 2. The number of amides is 1. The second kappa shape index (κ2) is 9.41. The van der Waals surface area contributed by atoms with Gasteiger partial charge in [-0.1, -0.05) is 18.2 Å². The minimum Gasteiger partial charge on any atom is -0.480 e. The van der Waals surface area contributed by atoms with Gasteiger partial charge in [-0.15, -0.1) is 0 Å². The van der Waals surface area contributed by atoms with Crippen LogP contribution >= 0.6 is 0 Å². The summed E-state index contributed by atoms with van der Waals surface area (Å²) in [5.74, 6) is -1.37. The summed E-state index contributed by atoms with van der Waals surface area (Å²) in [5.41, 5.74) is 4.19. The molecule has 2 aliphatic heterocycles. The van der Waals surface area contributed by atoms with Gasteiger partial charge < -0.3 is 28.6 Å². The quantitative estimate of drug-likeness (QED) is 0.516. The summed E-state index contributed by atoms with van der Waals surface area (Å²) >= 11 is 0. The van der Waals surface area contributed by atoms with Crippen LogP contribution in [-0.4, -0.2) is 56.8 Å². The summed E-state index contributed by atoms with van der Waals surface area (Å²) in [7, 11) is 0. The van der Waals surface area contributed by atoms with Gasteiger partial charge in [0.05, 0.1) is 12.0 Å². The van der Waals surface area contributed by atoms with Crippen molar-refractivity contribution in [2.24, 2.45) is 0 Å². The first-order valence-corrected chi connectivity index (χ1v) is 11.5. The van der Waals surface area contributed by atoms with Crippen LogP contribution in [0.25, 0.3) is 5.69 Å². The molecule has 0 aliphatic carbocycles. The monoisotopic (exact) mass is 482 g/mol.